The van der Waals surface area contributed by atoms with Crippen molar-refractivity contribution in [1.82, 2.24) is 0 Å². The molecule has 170 valence electrons. The third kappa shape index (κ3) is 5.49. The number of fused-ring (bicyclic) bond motifs is 2. The molecule has 5 aromatic carbocycles. The van der Waals surface area contributed by atoms with Gasteiger partial charge in [-0.15, -0.1) is 0 Å². The van der Waals surface area contributed by atoms with E-state index in [4.69, 9.17) is 0 Å². The molecule has 0 bridgehead atoms. The van der Waals surface area contributed by atoms with Crippen molar-refractivity contribution >= 4 is 41.8 Å². The second-order valence-corrected chi connectivity index (χ2v) is 10.6. The first-order chi connectivity index (χ1) is 16.1. The number of hydrogen-bond acceptors (Lipinski definition) is 6. The van der Waals surface area contributed by atoms with Crippen molar-refractivity contribution in [3.63, 3.8) is 0 Å². The number of rotatable bonds is 4. The minimum Gasteiger partial charge on any atom is -0.744 e. The van der Waals surface area contributed by atoms with Crippen molar-refractivity contribution in [3.8, 4) is 22.3 Å². The zero-order chi connectivity index (χ0) is 24.1. The zero-order valence-electron chi connectivity index (χ0n) is 19.5. The first-order valence-electron chi connectivity index (χ1n) is 10.2. The van der Waals surface area contributed by atoms with Crippen LogP contribution in [0.15, 0.2) is 107 Å². The zero-order valence-corrected chi connectivity index (χ0v) is 25.1. The van der Waals surface area contributed by atoms with E-state index in [9.17, 15) is 25.9 Å². The van der Waals surface area contributed by atoms with E-state index in [1.165, 1.54) is 24.3 Å². The van der Waals surface area contributed by atoms with Gasteiger partial charge in [-0.25, -0.2) is 16.8 Å². The minimum atomic E-state index is -4.72. The standard InChI is InChI=1S/C26H18O6S2.2Na/c27-33(28,29)19-12-14-22-23(15-19)25(17-7-3-1-4-8-17)21-13-11-20(34(30,31)32)16-24(21)26(22)18-9-5-2-6-10-18;;/h1-16H,(H,27,28,29)(H,30,31,32);;/q;2*+1/p-2. The average Bonchev–Trinajstić information content (AvgIpc) is 2.81. The van der Waals surface area contributed by atoms with E-state index < -0.39 is 20.2 Å². The van der Waals surface area contributed by atoms with E-state index in [1.54, 1.807) is 12.1 Å². The molecule has 0 atom stereocenters. The van der Waals surface area contributed by atoms with Gasteiger partial charge >= 0.3 is 59.1 Å². The molecule has 36 heavy (non-hydrogen) atoms. The molecule has 0 aromatic heterocycles. The topological polar surface area (TPSA) is 114 Å². The summed E-state index contributed by atoms with van der Waals surface area (Å²) in [4.78, 5) is -0.733. The normalized spacial score (nSPS) is 11.6. The predicted octanol–water partition coefficient (Wildman–Crippen LogP) is -0.857. The van der Waals surface area contributed by atoms with Gasteiger partial charge in [-0.2, -0.15) is 0 Å². The minimum absolute atomic E-state index is 0. The monoisotopic (exact) mass is 534 g/mol. The molecule has 6 nitrogen and oxygen atoms in total. The van der Waals surface area contributed by atoms with Gasteiger partial charge in [0.2, 0.25) is 0 Å². The smallest absolute Gasteiger partial charge is 0.744 e. The first-order valence-corrected chi connectivity index (χ1v) is 13.0. The Balaban J connectivity index is 0.00000180. The third-order valence-electron chi connectivity index (χ3n) is 5.76. The van der Waals surface area contributed by atoms with Crippen molar-refractivity contribution in [2.45, 2.75) is 9.79 Å². The summed E-state index contributed by atoms with van der Waals surface area (Å²) in [7, 11) is -9.44. The Morgan fingerprint density at radius 2 is 0.778 bits per heavy atom. The average molecular weight is 535 g/mol. The molecule has 0 heterocycles. The summed E-state index contributed by atoms with van der Waals surface area (Å²) >= 11 is 0. The number of hydrogen-bond donors (Lipinski definition) is 0. The Kier molecular flexibility index (Phi) is 8.90. The number of benzene rings is 5. The Labute approximate surface area is 253 Å². The van der Waals surface area contributed by atoms with Crippen molar-refractivity contribution in [3.05, 3.63) is 97.1 Å². The van der Waals surface area contributed by atoms with Gasteiger partial charge in [-0.3, -0.25) is 0 Å². The molecular formula is C26H16Na2O6S2. The van der Waals surface area contributed by atoms with Crippen LogP contribution < -0.4 is 59.1 Å². The van der Waals surface area contributed by atoms with Gasteiger partial charge in [0.25, 0.3) is 0 Å². The van der Waals surface area contributed by atoms with Crippen LogP contribution in [0.25, 0.3) is 43.8 Å². The Bertz CT molecular complexity index is 1650. The molecule has 0 aliphatic carbocycles. The quantitative estimate of drug-likeness (QED) is 0.169. The van der Waals surface area contributed by atoms with E-state index in [-0.39, 0.29) is 68.9 Å². The SMILES string of the molecule is O=S(=O)([O-])c1ccc2c(-c3ccccc3)c3cc(S(=O)(=O)[O-])ccc3c(-c3ccccc3)c2c1.[Na+].[Na+]. The molecule has 5 aromatic rings. The van der Waals surface area contributed by atoms with Crippen molar-refractivity contribution in [2.75, 3.05) is 0 Å². The molecule has 0 aliphatic heterocycles. The molecule has 0 aliphatic rings. The van der Waals surface area contributed by atoms with Gasteiger partial charge in [-0.05, 0) is 68.1 Å². The Morgan fingerprint density at radius 3 is 1.08 bits per heavy atom. The second kappa shape index (κ2) is 11.0. The molecular weight excluding hydrogens is 518 g/mol. The third-order valence-corrected chi connectivity index (χ3v) is 7.42. The molecule has 10 heteroatoms. The maximum absolute atomic E-state index is 11.8. The van der Waals surface area contributed by atoms with Crippen molar-refractivity contribution in [2.24, 2.45) is 0 Å². The van der Waals surface area contributed by atoms with Crippen molar-refractivity contribution in [1.29, 1.82) is 0 Å². The molecule has 5 rings (SSSR count). The summed E-state index contributed by atoms with van der Waals surface area (Å²) in [6, 6.07) is 26.6. The second-order valence-electron chi connectivity index (χ2n) is 7.81. The summed E-state index contributed by atoms with van der Waals surface area (Å²) < 4.78 is 71.0. The van der Waals surface area contributed by atoms with Crippen LogP contribution in [0.4, 0.5) is 0 Å². The van der Waals surface area contributed by atoms with Gasteiger partial charge in [0.15, 0.2) is 0 Å². The Hall–Kier alpha value is -1.56. The van der Waals surface area contributed by atoms with Crippen LogP contribution in [0, 0.1) is 0 Å². The molecule has 0 saturated carbocycles. The summed E-state index contributed by atoms with van der Waals surface area (Å²) in [6.07, 6.45) is 0. The van der Waals surface area contributed by atoms with Gasteiger partial charge < -0.3 is 9.11 Å². The molecule has 0 radical (unpaired) electrons. The molecule has 0 unspecified atom stereocenters. The summed E-state index contributed by atoms with van der Waals surface area (Å²) in [5, 5.41) is 2.27. The maximum Gasteiger partial charge on any atom is 1.00 e. The molecule has 0 saturated heterocycles. The molecule has 0 N–H and O–H groups in total. The van der Waals surface area contributed by atoms with Crippen LogP contribution in [0.1, 0.15) is 0 Å². The fourth-order valence-electron chi connectivity index (χ4n) is 4.33. The molecule has 0 amide bonds. The van der Waals surface area contributed by atoms with Crippen LogP contribution in [0.5, 0.6) is 0 Å². The van der Waals surface area contributed by atoms with Crippen LogP contribution in [0.2, 0.25) is 0 Å². The van der Waals surface area contributed by atoms with Crippen LogP contribution >= 0.6 is 0 Å². The van der Waals surface area contributed by atoms with E-state index in [2.05, 4.69) is 0 Å². The van der Waals surface area contributed by atoms with Gasteiger partial charge in [0.1, 0.15) is 20.2 Å². The maximum atomic E-state index is 11.8. The van der Waals surface area contributed by atoms with Crippen LogP contribution in [-0.2, 0) is 20.2 Å². The summed E-state index contributed by atoms with van der Waals surface area (Å²) in [5.74, 6) is 0. The van der Waals surface area contributed by atoms with Crippen LogP contribution in [-0.4, -0.2) is 25.9 Å². The fourth-order valence-corrected chi connectivity index (χ4v) is 5.32. The van der Waals surface area contributed by atoms with E-state index in [0.717, 1.165) is 11.1 Å². The predicted molar refractivity (Wildman–Crippen MR) is 128 cm³/mol. The van der Waals surface area contributed by atoms with Gasteiger partial charge in [0, 0.05) is 0 Å². The van der Waals surface area contributed by atoms with E-state index >= 15 is 0 Å². The van der Waals surface area contributed by atoms with E-state index in [0.29, 0.717) is 32.7 Å². The largest absolute Gasteiger partial charge is 1.00 e. The van der Waals surface area contributed by atoms with Crippen molar-refractivity contribution < 1.29 is 85.1 Å². The summed E-state index contributed by atoms with van der Waals surface area (Å²) in [5.41, 5.74) is 2.75. The Morgan fingerprint density at radius 1 is 0.444 bits per heavy atom. The first kappa shape index (κ1) is 29.0. The van der Waals surface area contributed by atoms with E-state index in [1.807, 2.05) is 60.7 Å². The van der Waals surface area contributed by atoms with Crippen LogP contribution in [0.3, 0.4) is 0 Å². The van der Waals surface area contributed by atoms with Gasteiger partial charge in [-0.1, -0.05) is 72.8 Å². The molecule has 0 spiro atoms. The molecule has 0 fully saturated rings. The summed E-state index contributed by atoms with van der Waals surface area (Å²) in [6.45, 7) is 0. The van der Waals surface area contributed by atoms with Gasteiger partial charge in [0.05, 0.1) is 9.79 Å². The fraction of sp³-hybridized carbons (Fsp3) is 0.